The van der Waals surface area contributed by atoms with Crippen molar-refractivity contribution in [3.8, 4) is 0 Å². The van der Waals surface area contributed by atoms with Gasteiger partial charge in [-0.05, 0) is 72.6 Å². The Hall–Kier alpha value is -1.42. The molecular weight excluding hydrogens is 820 g/mol. The summed E-state index contributed by atoms with van der Waals surface area (Å²) in [5, 5.41) is 26.0. The van der Waals surface area contributed by atoms with E-state index in [9.17, 15) is 14.4 Å². The van der Waals surface area contributed by atoms with E-state index in [0.29, 0.717) is 47.5 Å². The predicted molar refractivity (Wildman–Crippen MR) is 198 cm³/mol. The van der Waals surface area contributed by atoms with E-state index in [2.05, 4.69) is 26.1 Å². The lowest BCUT2D eigenvalue weighted by molar-refractivity contribution is -0.141. The Labute approximate surface area is 320 Å². The molecule has 0 fully saturated rings. The summed E-state index contributed by atoms with van der Waals surface area (Å²) >= 11 is 34.3. The third kappa shape index (κ3) is 28.4. The average Bonchev–Trinajstić information content (AvgIpc) is 2.97. The normalized spacial score (nSPS) is 10.7. The number of hydrogen-bond donors (Lipinski definition) is 5. The number of aliphatic hydroxyl groups is 2. The third-order valence-corrected chi connectivity index (χ3v) is 5.97. The van der Waals surface area contributed by atoms with Gasteiger partial charge >= 0.3 is 11.9 Å². The van der Waals surface area contributed by atoms with E-state index in [1.165, 1.54) is 7.11 Å². The van der Waals surface area contributed by atoms with Crippen LogP contribution in [0.5, 0.6) is 0 Å². The molecule has 0 spiro atoms. The maximum Gasteiger partial charge on any atom is 0.307 e. The summed E-state index contributed by atoms with van der Waals surface area (Å²) in [6, 6.07) is 13.4. The van der Waals surface area contributed by atoms with Gasteiger partial charge in [0.2, 0.25) is 9.23 Å². The Kier molecular flexibility index (Phi) is 32.3. The molecule has 10 nitrogen and oxygen atoms in total. The van der Waals surface area contributed by atoms with Gasteiger partial charge in [-0.15, -0.1) is 0 Å². The van der Waals surface area contributed by atoms with Crippen molar-refractivity contribution in [3.63, 3.8) is 0 Å². The second-order valence-corrected chi connectivity index (χ2v) is 13.5. The van der Waals surface area contributed by atoms with Crippen LogP contribution in [0, 0.1) is 0 Å². The number of carbonyl (C=O) groups excluding carboxylic acids is 2. The van der Waals surface area contributed by atoms with Gasteiger partial charge in [0, 0.05) is 82.9 Å². The smallest absolute Gasteiger partial charge is 0.307 e. The first-order valence-corrected chi connectivity index (χ1v) is 17.9. The summed E-state index contributed by atoms with van der Waals surface area (Å²) in [5.74, 6) is -1.31. The topological polar surface area (TPSA) is 190 Å². The minimum atomic E-state index is -1.67. The number of methoxy groups -OCH3 is 1. The molecular formula is C29H34Cl8N2O8S. The fourth-order valence-corrected chi connectivity index (χ4v) is 4.54. The van der Waals surface area contributed by atoms with Crippen molar-refractivity contribution in [2.75, 3.05) is 20.8 Å². The molecule has 0 radical (unpaired) electrons. The zero-order valence-corrected chi connectivity index (χ0v) is 32.4. The van der Waals surface area contributed by atoms with Crippen LogP contribution in [0.2, 0.25) is 30.1 Å². The fourth-order valence-electron chi connectivity index (χ4n) is 2.91. The van der Waals surface area contributed by atoms with Crippen LogP contribution < -0.4 is 11.5 Å². The molecule has 3 aromatic rings. The molecule has 0 aliphatic heterocycles. The van der Waals surface area contributed by atoms with E-state index in [1.807, 2.05) is 0 Å². The SMILES string of the molecule is CCO.CO.COC(=O)CC(N)c1cc(Cl)cc(Cl)c1.NC(CC(=O)O)c1cc(Cl)cc(Cl)c1.O=Cc1cc(Cl)cc(Cl)c1.O=S(Cl)Cl. The first-order chi connectivity index (χ1) is 22.4. The molecule has 48 heavy (non-hydrogen) atoms. The number of aliphatic hydroxyl groups excluding tert-OH is 2. The first-order valence-electron chi connectivity index (χ1n) is 12.8. The molecule has 7 N–H and O–H groups in total. The van der Waals surface area contributed by atoms with Crippen LogP contribution in [-0.4, -0.2) is 58.6 Å². The van der Waals surface area contributed by atoms with Crippen molar-refractivity contribution >= 4 is 118 Å². The number of halogens is 8. The van der Waals surface area contributed by atoms with E-state index in [4.69, 9.17) is 101 Å². The van der Waals surface area contributed by atoms with Gasteiger partial charge in [0.05, 0.1) is 20.0 Å². The van der Waals surface area contributed by atoms with E-state index in [-0.39, 0.29) is 25.4 Å². The van der Waals surface area contributed by atoms with Crippen LogP contribution in [0.15, 0.2) is 54.6 Å². The van der Waals surface area contributed by atoms with Crippen LogP contribution in [0.1, 0.15) is 53.3 Å². The zero-order chi connectivity index (χ0) is 38.0. The van der Waals surface area contributed by atoms with E-state index < -0.39 is 27.3 Å². The molecule has 2 unspecified atom stereocenters. The molecule has 0 saturated carbocycles. The highest BCUT2D eigenvalue weighted by atomic mass is 36.0. The summed E-state index contributed by atoms with van der Waals surface area (Å²) in [7, 11) is 9.68. The van der Waals surface area contributed by atoms with Gasteiger partial charge in [0.1, 0.15) is 6.29 Å². The molecule has 19 heteroatoms. The minimum Gasteiger partial charge on any atom is -0.481 e. The lowest BCUT2D eigenvalue weighted by Crippen LogP contribution is -2.16. The summed E-state index contributed by atoms with van der Waals surface area (Å²) < 4.78 is 13.6. The summed E-state index contributed by atoms with van der Waals surface area (Å²) in [6.45, 7) is 1.93. The lowest BCUT2D eigenvalue weighted by Gasteiger charge is -2.11. The van der Waals surface area contributed by atoms with Crippen molar-refractivity contribution in [1.82, 2.24) is 0 Å². The molecule has 0 saturated heterocycles. The number of rotatable bonds is 7. The lowest BCUT2D eigenvalue weighted by atomic mass is 10.1. The van der Waals surface area contributed by atoms with Crippen molar-refractivity contribution in [3.05, 3.63) is 101 Å². The van der Waals surface area contributed by atoms with E-state index in [1.54, 1.807) is 61.5 Å². The monoisotopic (exact) mass is 850 g/mol. The molecule has 0 heterocycles. The van der Waals surface area contributed by atoms with Crippen LogP contribution in [0.3, 0.4) is 0 Å². The van der Waals surface area contributed by atoms with Crippen LogP contribution in [-0.2, 0) is 23.6 Å². The number of carbonyl (C=O) groups is 3. The first kappa shape index (κ1) is 51.0. The van der Waals surface area contributed by atoms with E-state index >= 15 is 0 Å². The quantitative estimate of drug-likeness (QED) is 0.0876. The fraction of sp³-hybridized carbons (Fsp3) is 0.276. The number of aliphatic carboxylic acids is 1. The molecule has 0 aromatic heterocycles. The minimum absolute atomic E-state index is 0.104. The summed E-state index contributed by atoms with van der Waals surface area (Å²) in [5.41, 5.74) is 13.3. The average molecular weight is 854 g/mol. The molecule has 270 valence electrons. The molecule has 3 aromatic carbocycles. The number of aldehydes is 1. The Morgan fingerprint density at radius 1 is 0.750 bits per heavy atom. The number of ether oxygens (including phenoxy) is 1. The van der Waals surface area contributed by atoms with Gasteiger partial charge in [-0.1, -0.05) is 69.6 Å². The van der Waals surface area contributed by atoms with Crippen molar-refractivity contribution in [2.24, 2.45) is 11.5 Å². The van der Waals surface area contributed by atoms with Gasteiger partial charge in [-0.3, -0.25) is 14.4 Å². The van der Waals surface area contributed by atoms with Crippen LogP contribution >= 0.6 is 91.0 Å². The Morgan fingerprint density at radius 2 is 1.02 bits per heavy atom. The van der Waals surface area contributed by atoms with Gasteiger partial charge in [0.25, 0.3) is 0 Å². The predicted octanol–water partition coefficient (Wildman–Crippen LogP) is 8.48. The van der Waals surface area contributed by atoms with Crippen molar-refractivity contribution < 1.29 is 38.6 Å². The molecule has 0 bridgehead atoms. The molecule has 0 aliphatic carbocycles. The van der Waals surface area contributed by atoms with Gasteiger partial charge in [0.15, 0.2) is 0 Å². The second kappa shape index (κ2) is 30.4. The van der Waals surface area contributed by atoms with Crippen LogP contribution in [0.4, 0.5) is 0 Å². The maximum atomic E-state index is 11.0. The number of hydrogen-bond acceptors (Lipinski definition) is 9. The largest absolute Gasteiger partial charge is 0.481 e. The number of carboxylic acids is 1. The third-order valence-electron chi connectivity index (χ3n) is 4.66. The van der Waals surface area contributed by atoms with Crippen molar-refractivity contribution in [2.45, 2.75) is 31.8 Å². The molecule has 0 amide bonds. The highest BCUT2D eigenvalue weighted by Gasteiger charge is 2.13. The van der Waals surface area contributed by atoms with Gasteiger partial charge < -0.3 is 31.5 Å². The Bertz CT molecular complexity index is 1360. The molecule has 3 rings (SSSR count). The maximum absolute atomic E-state index is 11.0. The Morgan fingerprint density at radius 3 is 1.27 bits per heavy atom. The van der Waals surface area contributed by atoms with Gasteiger partial charge in [-0.25, -0.2) is 4.21 Å². The van der Waals surface area contributed by atoms with Gasteiger partial charge in [-0.2, -0.15) is 0 Å². The second-order valence-electron chi connectivity index (χ2n) is 8.32. The zero-order valence-electron chi connectivity index (χ0n) is 25.5. The number of benzene rings is 3. The Balaban J connectivity index is -0.000000569. The standard InChI is InChI=1S/C10H11Cl2NO2.C9H9Cl2NO2.C7H4Cl2O.C2H6O.CH4O.Cl2OS/c1-15-10(14)5-9(13)6-2-7(11)4-8(12)3-6;10-6-1-5(2-7(11)3-6)8(12)4-9(13)14;8-6-1-5(4-10)2-7(9)3-6;1-2-3;1-2;1-4(2)3/h2-4,9H,5,13H2,1H3;1-3,8H,4,12H2,(H,13,14);1-4H;3H,2H2,1H3;2H,1H3;. The number of carboxylic acid groups (broad SMARTS) is 1. The summed E-state index contributed by atoms with van der Waals surface area (Å²) in [4.78, 5) is 31.6. The number of esters is 1. The molecule has 2 atom stereocenters. The number of nitrogens with two attached hydrogens (primary N) is 2. The van der Waals surface area contributed by atoms with Crippen LogP contribution in [0.25, 0.3) is 0 Å². The van der Waals surface area contributed by atoms with Crippen molar-refractivity contribution in [1.29, 1.82) is 0 Å². The van der Waals surface area contributed by atoms with E-state index in [0.717, 1.165) is 12.7 Å². The summed E-state index contributed by atoms with van der Waals surface area (Å²) in [6.07, 6.45) is 0.668. The highest BCUT2D eigenvalue weighted by molar-refractivity contribution is 8.26. The highest BCUT2D eigenvalue weighted by Crippen LogP contribution is 2.25. The molecule has 0 aliphatic rings.